The summed E-state index contributed by atoms with van der Waals surface area (Å²) in [4.78, 5) is 42.0. The molecule has 6 heteroatoms. The summed E-state index contributed by atoms with van der Waals surface area (Å²) < 4.78 is 5.32. The molecule has 2 aliphatic rings. The van der Waals surface area contributed by atoms with Crippen molar-refractivity contribution in [3.8, 4) is 0 Å². The van der Waals surface area contributed by atoms with Gasteiger partial charge in [0.05, 0.1) is 12.2 Å². The lowest BCUT2D eigenvalue weighted by Gasteiger charge is -2.36. The van der Waals surface area contributed by atoms with Gasteiger partial charge in [-0.2, -0.15) is 0 Å². The molecule has 0 spiro atoms. The number of likely N-dealkylation sites (tertiary alicyclic amines) is 1. The molecule has 2 amide bonds. The van der Waals surface area contributed by atoms with E-state index in [1.807, 2.05) is 36.1 Å². The van der Waals surface area contributed by atoms with E-state index in [1.54, 1.807) is 13.8 Å². The summed E-state index contributed by atoms with van der Waals surface area (Å²) in [6.45, 7) is 9.37. The SMILES string of the molecule is CCOC(=O)C1=C(C)N(CC(=O)N2CCC(C)CC2)C(=O)CC1c1cccc(C)c1. The molecule has 6 nitrogen and oxygen atoms in total. The molecule has 0 aromatic heterocycles. The minimum Gasteiger partial charge on any atom is -0.463 e. The molecule has 0 N–H and O–H groups in total. The Bertz CT molecular complexity index is 853. The van der Waals surface area contributed by atoms with Crippen LogP contribution in [0.25, 0.3) is 0 Å². The van der Waals surface area contributed by atoms with Crippen LogP contribution in [0.3, 0.4) is 0 Å². The van der Waals surface area contributed by atoms with Crippen LogP contribution in [0.2, 0.25) is 0 Å². The van der Waals surface area contributed by atoms with Gasteiger partial charge in [-0.15, -0.1) is 0 Å². The van der Waals surface area contributed by atoms with Crippen LogP contribution in [0.4, 0.5) is 0 Å². The molecule has 0 bridgehead atoms. The molecular weight excluding hydrogens is 380 g/mol. The van der Waals surface area contributed by atoms with E-state index < -0.39 is 5.97 Å². The zero-order valence-corrected chi connectivity index (χ0v) is 18.4. The zero-order valence-electron chi connectivity index (χ0n) is 18.4. The van der Waals surface area contributed by atoms with Crippen molar-refractivity contribution in [2.24, 2.45) is 5.92 Å². The molecule has 1 unspecified atom stereocenters. The first-order valence-electron chi connectivity index (χ1n) is 10.8. The molecule has 162 valence electrons. The fraction of sp³-hybridized carbons (Fsp3) is 0.542. The molecule has 1 aromatic carbocycles. The number of esters is 1. The number of ether oxygens (including phenoxy) is 1. The largest absolute Gasteiger partial charge is 0.463 e. The van der Waals surface area contributed by atoms with Gasteiger partial charge in [0.1, 0.15) is 6.54 Å². The Hall–Kier alpha value is -2.63. The van der Waals surface area contributed by atoms with Gasteiger partial charge in [0.15, 0.2) is 0 Å². The quantitative estimate of drug-likeness (QED) is 0.695. The molecule has 2 aliphatic heterocycles. The monoisotopic (exact) mass is 412 g/mol. The van der Waals surface area contributed by atoms with Gasteiger partial charge in [-0.3, -0.25) is 9.59 Å². The average Bonchev–Trinajstić information content (AvgIpc) is 2.71. The third-order valence-corrected chi connectivity index (χ3v) is 6.19. The lowest BCUT2D eigenvalue weighted by atomic mass is 9.83. The summed E-state index contributed by atoms with van der Waals surface area (Å²) >= 11 is 0. The predicted molar refractivity (Wildman–Crippen MR) is 115 cm³/mol. The Morgan fingerprint density at radius 1 is 1.17 bits per heavy atom. The van der Waals surface area contributed by atoms with Crippen molar-refractivity contribution < 1.29 is 19.1 Å². The second-order valence-electron chi connectivity index (χ2n) is 8.43. The first-order valence-corrected chi connectivity index (χ1v) is 10.8. The predicted octanol–water partition coefficient (Wildman–Crippen LogP) is 3.41. The lowest BCUT2D eigenvalue weighted by Crippen LogP contribution is -2.47. The smallest absolute Gasteiger partial charge is 0.336 e. The Morgan fingerprint density at radius 2 is 1.87 bits per heavy atom. The molecule has 0 aliphatic carbocycles. The standard InChI is InChI=1S/C24H32N2O4/c1-5-30-24(29)23-18(4)26(15-22(28)25-11-9-16(2)10-12-25)21(27)14-20(23)19-8-6-7-17(3)13-19/h6-8,13,16,20H,5,9-12,14-15H2,1-4H3. The summed E-state index contributed by atoms with van der Waals surface area (Å²) in [5.74, 6) is -0.354. The van der Waals surface area contributed by atoms with Gasteiger partial charge >= 0.3 is 5.97 Å². The van der Waals surface area contributed by atoms with Gasteiger partial charge in [0.25, 0.3) is 0 Å². The number of amides is 2. The third-order valence-electron chi connectivity index (χ3n) is 6.19. The molecule has 1 atom stereocenters. The van der Waals surface area contributed by atoms with Crippen LogP contribution >= 0.6 is 0 Å². The maximum Gasteiger partial charge on any atom is 0.336 e. The van der Waals surface area contributed by atoms with E-state index in [0.717, 1.165) is 37.1 Å². The van der Waals surface area contributed by atoms with Crippen molar-refractivity contribution in [2.75, 3.05) is 26.2 Å². The number of rotatable bonds is 5. The van der Waals surface area contributed by atoms with E-state index in [1.165, 1.54) is 4.90 Å². The number of piperidine rings is 1. The van der Waals surface area contributed by atoms with Gasteiger partial charge in [0, 0.05) is 31.1 Å². The van der Waals surface area contributed by atoms with Gasteiger partial charge in [0.2, 0.25) is 11.8 Å². The van der Waals surface area contributed by atoms with Crippen LogP contribution < -0.4 is 0 Å². The Morgan fingerprint density at radius 3 is 2.50 bits per heavy atom. The Labute approximate surface area is 178 Å². The van der Waals surface area contributed by atoms with Crippen molar-refractivity contribution >= 4 is 17.8 Å². The van der Waals surface area contributed by atoms with Crippen molar-refractivity contribution in [1.82, 2.24) is 9.80 Å². The number of hydrogen-bond acceptors (Lipinski definition) is 4. The van der Waals surface area contributed by atoms with Crippen molar-refractivity contribution in [3.05, 3.63) is 46.7 Å². The normalized spacial score (nSPS) is 20.5. The molecule has 30 heavy (non-hydrogen) atoms. The van der Waals surface area contributed by atoms with E-state index in [0.29, 0.717) is 17.2 Å². The maximum absolute atomic E-state index is 13.0. The van der Waals surface area contributed by atoms with E-state index in [-0.39, 0.29) is 37.3 Å². The fourth-order valence-electron chi connectivity index (χ4n) is 4.34. The van der Waals surface area contributed by atoms with E-state index in [9.17, 15) is 14.4 Å². The molecule has 1 fully saturated rings. The van der Waals surface area contributed by atoms with Crippen LogP contribution in [0.15, 0.2) is 35.5 Å². The van der Waals surface area contributed by atoms with Gasteiger partial charge in [-0.1, -0.05) is 36.8 Å². The van der Waals surface area contributed by atoms with Gasteiger partial charge in [-0.25, -0.2) is 4.79 Å². The highest BCUT2D eigenvalue weighted by atomic mass is 16.5. The summed E-state index contributed by atoms with van der Waals surface area (Å²) in [5.41, 5.74) is 2.98. The summed E-state index contributed by atoms with van der Waals surface area (Å²) in [6, 6.07) is 7.85. The van der Waals surface area contributed by atoms with E-state index in [2.05, 4.69) is 6.92 Å². The molecular formula is C24H32N2O4. The van der Waals surface area contributed by atoms with Gasteiger partial charge < -0.3 is 14.5 Å². The first kappa shape index (κ1) is 22.1. The molecule has 3 rings (SSSR count). The number of aryl methyl sites for hydroxylation is 1. The Balaban J connectivity index is 1.90. The highest BCUT2D eigenvalue weighted by molar-refractivity contribution is 5.97. The number of hydrogen-bond donors (Lipinski definition) is 0. The highest BCUT2D eigenvalue weighted by Crippen LogP contribution is 2.37. The molecule has 0 radical (unpaired) electrons. The summed E-state index contributed by atoms with van der Waals surface area (Å²) in [5, 5.41) is 0. The lowest BCUT2D eigenvalue weighted by molar-refractivity contribution is -0.143. The minimum atomic E-state index is -0.418. The number of allylic oxidation sites excluding steroid dienone is 1. The van der Waals surface area contributed by atoms with Crippen LogP contribution in [-0.2, 0) is 19.1 Å². The number of carbonyl (C=O) groups is 3. The summed E-state index contributed by atoms with van der Waals surface area (Å²) in [6.07, 6.45) is 2.12. The zero-order chi connectivity index (χ0) is 21.8. The average molecular weight is 413 g/mol. The fourth-order valence-corrected chi connectivity index (χ4v) is 4.34. The highest BCUT2D eigenvalue weighted by Gasteiger charge is 2.38. The number of carbonyl (C=O) groups excluding carboxylic acids is 3. The second kappa shape index (κ2) is 9.45. The molecule has 0 saturated carbocycles. The van der Waals surface area contributed by atoms with Crippen LogP contribution in [0.5, 0.6) is 0 Å². The van der Waals surface area contributed by atoms with E-state index >= 15 is 0 Å². The van der Waals surface area contributed by atoms with Crippen LogP contribution in [0, 0.1) is 12.8 Å². The topological polar surface area (TPSA) is 66.9 Å². The molecule has 1 aromatic rings. The van der Waals surface area contributed by atoms with Crippen molar-refractivity contribution in [3.63, 3.8) is 0 Å². The molecule has 2 heterocycles. The van der Waals surface area contributed by atoms with Crippen LogP contribution in [-0.4, -0.2) is 53.8 Å². The first-order chi connectivity index (χ1) is 14.3. The maximum atomic E-state index is 13.0. The van der Waals surface area contributed by atoms with Crippen molar-refractivity contribution in [2.45, 2.75) is 52.9 Å². The van der Waals surface area contributed by atoms with E-state index in [4.69, 9.17) is 4.74 Å². The van der Waals surface area contributed by atoms with Crippen LogP contribution in [0.1, 0.15) is 57.1 Å². The van der Waals surface area contributed by atoms with Gasteiger partial charge in [-0.05, 0) is 45.1 Å². The van der Waals surface area contributed by atoms with Crippen molar-refractivity contribution in [1.29, 1.82) is 0 Å². The number of nitrogens with zero attached hydrogens (tertiary/aromatic N) is 2. The Kier molecular flexibility index (Phi) is 6.95. The third kappa shape index (κ3) is 4.74. The summed E-state index contributed by atoms with van der Waals surface area (Å²) in [7, 11) is 0. The minimum absolute atomic E-state index is 0.0253. The second-order valence-corrected chi connectivity index (χ2v) is 8.43. The number of benzene rings is 1. The molecule has 1 saturated heterocycles.